The molecule has 1 aliphatic heterocycles. The van der Waals surface area contributed by atoms with Crippen molar-refractivity contribution in [1.82, 2.24) is 9.80 Å². The van der Waals surface area contributed by atoms with Gasteiger partial charge in [0.2, 0.25) is 5.91 Å². The van der Waals surface area contributed by atoms with Crippen LogP contribution in [-0.4, -0.2) is 48.4 Å². The van der Waals surface area contributed by atoms with Crippen molar-refractivity contribution in [3.8, 4) is 0 Å². The van der Waals surface area contributed by atoms with Crippen molar-refractivity contribution in [3.05, 3.63) is 59.7 Å². The van der Waals surface area contributed by atoms with Crippen molar-refractivity contribution in [2.75, 3.05) is 37.3 Å². The highest BCUT2D eigenvalue weighted by Crippen LogP contribution is 2.27. The number of carbonyl (C=O) groups is 2. The minimum atomic E-state index is -0.140. The van der Waals surface area contributed by atoms with Gasteiger partial charge in [0.15, 0.2) is 0 Å². The lowest BCUT2D eigenvalue weighted by atomic mass is 10.0. The lowest BCUT2D eigenvalue weighted by molar-refractivity contribution is -0.114. The zero-order valence-electron chi connectivity index (χ0n) is 16.0. The van der Waals surface area contributed by atoms with Crippen LogP contribution in [0.2, 0.25) is 0 Å². The van der Waals surface area contributed by atoms with Crippen LogP contribution in [0.1, 0.15) is 24.1 Å². The Bertz CT molecular complexity index is 822. The first-order valence-corrected chi connectivity index (χ1v) is 9.13. The number of benzene rings is 2. The van der Waals surface area contributed by atoms with Gasteiger partial charge in [0.25, 0.3) is 0 Å². The summed E-state index contributed by atoms with van der Waals surface area (Å²) in [5, 5.41) is 5.78. The van der Waals surface area contributed by atoms with E-state index in [0.717, 1.165) is 24.2 Å². The lowest BCUT2D eigenvalue weighted by Gasteiger charge is -2.40. The smallest absolute Gasteiger partial charge is 0.322 e. The van der Waals surface area contributed by atoms with Gasteiger partial charge in [-0.05, 0) is 37.2 Å². The number of amides is 3. The highest BCUT2D eigenvalue weighted by molar-refractivity contribution is 5.93. The molecule has 0 saturated carbocycles. The Kier molecular flexibility index (Phi) is 5.76. The number of nitrogens with zero attached hydrogens (tertiary/aromatic N) is 2. The normalized spacial score (nSPS) is 17.4. The van der Waals surface area contributed by atoms with Crippen LogP contribution in [0.5, 0.6) is 0 Å². The number of hydrogen-bond acceptors (Lipinski definition) is 3. The maximum absolute atomic E-state index is 13.1. The summed E-state index contributed by atoms with van der Waals surface area (Å²) in [4.78, 5) is 28.5. The van der Waals surface area contributed by atoms with Gasteiger partial charge in [0.1, 0.15) is 0 Å². The minimum Gasteiger partial charge on any atom is -0.326 e. The van der Waals surface area contributed by atoms with Crippen molar-refractivity contribution < 1.29 is 9.59 Å². The molecule has 1 fully saturated rings. The molecule has 1 saturated heterocycles. The number of likely N-dealkylation sites (N-methyl/N-ethyl adjacent to an activating group) is 1. The summed E-state index contributed by atoms with van der Waals surface area (Å²) in [5.41, 5.74) is 3.45. The number of carbonyl (C=O) groups excluding carboxylic acids is 2. The van der Waals surface area contributed by atoms with Gasteiger partial charge in [-0.1, -0.05) is 36.4 Å². The zero-order chi connectivity index (χ0) is 19.4. The number of anilines is 2. The monoisotopic (exact) mass is 366 g/mol. The fourth-order valence-electron chi connectivity index (χ4n) is 3.35. The second-order valence-electron chi connectivity index (χ2n) is 7.02. The first-order chi connectivity index (χ1) is 12.9. The quantitative estimate of drug-likeness (QED) is 0.874. The summed E-state index contributed by atoms with van der Waals surface area (Å²) >= 11 is 0. The molecule has 1 atom stereocenters. The summed E-state index contributed by atoms with van der Waals surface area (Å²) in [6.45, 7) is 5.69. The molecule has 0 bridgehead atoms. The Morgan fingerprint density at radius 1 is 1.04 bits per heavy atom. The predicted molar refractivity (Wildman–Crippen MR) is 108 cm³/mol. The molecule has 0 radical (unpaired) electrons. The second-order valence-corrected chi connectivity index (χ2v) is 7.02. The molecule has 1 unspecified atom stereocenters. The summed E-state index contributed by atoms with van der Waals surface area (Å²) in [7, 11) is 2.08. The predicted octanol–water partition coefficient (Wildman–Crippen LogP) is 3.47. The molecule has 1 heterocycles. The second kappa shape index (κ2) is 8.22. The lowest BCUT2D eigenvalue weighted by Crippen LogP contribution is -2.50. The van der Waals surface area contributed by atoms with Crippen molar-refractivity contribution >= 4 is 23.3 Å². The molecule has 2 N–H and O–H groups in total. The van der Waals surface area contributed by atoms with Crippen molar-refractivity contribution in [2.24, 2.45) is 0 Å². The van der Waals surface area contributed by atoms with E-state index in [9.17, 15) is 9.59 Å². The molecule has 6 heteroatoms. The van der Waals surface area contributed by atoms with Crippen LogP contribution in [0.3, 0.4) is 0 Å². The Labute approximate surface area is 160 Å². The largest absolute Gasteiger partial charge is 0.326 e. The molecule has 142 valence electrons. The molecule has 0 aromatic heterocycles. The molecular weight excluding hydrogens is 340 g/mol. The van der Waals surface area contributed by atoms with E-state index < -0.39 is 0 Å². The summed E-state index contributed by atoms with van der Waals surface area (Å²) in [6, 6.07) is 15.5. The topological polar surface area (TPSA) is 64.7 Å². The van der Waals surface area contributed by atoms with Crippen molar-refractivity contribution in [1.29, 1.82) is 0 Å². The number of aryl methyl sites for hydroxylation is 1. The molecule has 2 aromatic carbocycles. The number of rotatable bonds is 3. The van der Waals surface area contributed by atoms with Crippen molar-refractivity contribution in [2.45, 2.75) is 19.9 Å². The van der Waals surface area contributed by atoms with Crippen LogP contribution < -0.4 is 10.6 Å². The van der Waals surface area contributed by atoms with Crippen LogP contribution in [0.4, 0.5) is 16.2 Å². The summed E-state index contributed by atoms with van der Waals surface area (Å²) in [5.74, 6) is -0.140. The Hall–Kier alpha value is -2.86. The Morgan fingerprint density at radius 3 is 2.48 bits per heavy atom. The molecule has 0 aliphatic carbocycles. The van der Waals surface area contributed by atoms with Crippen LogP contribution in [0, 0.1) is 6.92 Å². The average molecular weight is 366 g/mol. The van der Waals surface area contributed by atoms with E-state index in [1.165, 1.54) is 6.92 Å². The van der Waals surface area contributed by atoms with Crippen LogP contribution in [0.25, 0.3) is 0 Å². The summed E-state index contributed by atoms with van der Waals surface area (Å²) < 4.78 is 0. The molecule has 2 aromatic rings. The van der Waals surface area contributed by atoms with Gasteiger partial charge in [-0.2, -0.15) is 0 Å². The van der Waals surface area contributed by atoms with Gasteiger partial charge in [-0.3, -0.25) is 4.79 Å². The first-order valence-electron chi connectivity index (χ1n) is 9.13. The first kappa shape index (κ1) is 18.9. The van der Waals surface area contributed by atoms with E-state index in [2.05, 4.69) is 34.7 Å². The van der Waals surface area contributed by atoms with Crippen molar-refractivity contribution in [3.63, 3.8) is 0 Å². The standard InChI is InChI=1S/C21H26N4O2/c1-15-9-10-18(22-16(2)26)13-19(15)23-21(27)25-12-11-24(3)14-20(25)17-7-5-4-6-8-17/h4-10,13,20H,11-12,14H2,1-3H3,(H,22,26)(H,23,27). The van der Waals surface area contributed by atoms with Gasteiger partial charge in [-0.15, -0.1) is 0 Å². The molecular formula is C21H26N4O2. The molecule has 1 aliphatic rings. The third-order valence-electron chi connectivity index (χ3n) is 4.83. The molecule has 6 nitrogen and oxygen atoms in total. The number of piperazine rings is 1. The fourth-order valence-corrected chi connectivity index (χ4v) is 3.35. The average Bonchev–Trinajstić information content (AvgIpc) is 2.64. The molecule has 3 amide bonds. The molecule has 3 rings (SSSR count). The van der Waals surface area contributed by atoms with Crippen LogP contribution in [0.15, 0.2) is 48.5 Å². The van der Waals surface area contributed by atoms with E-state index >= 15 is 0 Å². The van der Waals surface area contributed by atoms with E-state index in [4.69, 9.17) is 0 Å². The molecule has 0 spiro atoms. The molecule has 27 heavy (non-hydrogen) atoms. The van der Waals surface area contributed by atoms with Gasteiger partial charge in [0.05, 0.1) is 6.04 Å². The number of nitrogens with one attached hydrogen (secondary N) is 2. The van der Waals surface area contributed by atoms with Crippen LogP contribution >= 0.6 is 0 Å². The highest BCUT2D eigenvalue weighted by Gasteiger charge is 2.30. The maximum atomic E-state index is 13.1. The maximum Gasteiger partial charge on any atom is 0.322 e. The summed E-state index contributed by atoms with van der Waals surface area (Å²) in [6.07, 6.45) is 0. The van der Waals surface area contributed by atoms with E-state index in [1.54, 1.807) is 6.07 Å². The van der Waals surface area contributed by atoms with E-state index in [1.807, 2.05) is 42.2 Å². The Balaban J connectivity index is 1.81. The van der Waals surface area contributed by atoms with Gasteiger partial charge >= 0.3 is 6.03 Å². The Morgan fingerprint density at radius 2 is 1.78 bits per heavy atom. The van der Waals surface area contributed by atoms with E-state index in [0.29, 0.717) is 17.9 Å². The van der Waals surface area contributed by atoms with Gasteiger partial charge in [-0.25, -0.2) is 4.79 Å². The van der Waals surface area contributed by atoms with Crippen LogP contribution in [-0.2, 0) is 4.79 Å². The zero-order valence-corrected chi connectivity index (χ0v) is 16.0. The third-order valence-corrected chi connectivity index (χ3v) is 4.83. The SMILES string of the molecule is CC(=O)Nc1ccc(C)c(NC(=O)N2CCN(C)CC2c2ccccc2)c1. The van der Waals surface area contributed by atoms with Gasteiger partial charge < -0.3 is 20.4 Å². The highest BCUT2D eigenvalue weighted by atomic mass is 16.2. The van der Waals surface area contributed by atoms with E-state index in [-0.39, 0.29) is 18.0 Å². The number of hydrogen-bond donors (Lipinski definition) is 2. The van der Waals surface area contributed by atoms with Gasteiger partial charge in [0, 0.05) is 37.9 Å². The third kappa shape index (κ3) is 4.65. The number of urea groups is 1. The fraction of sp³-hybridized carbons (Fsp3) is 0.333. The minimum absolute atomic E-state index is 0.00350.